The number of hydrogen-bond donors (Lipinski definition) is 1. The maximum Gasteiger partial charge on any atom is 0.133 e. The average molecular weight is 234 g/mol. The normalized spacial score (nSPS) is 29.5. The van der Waals surface area contributed by atoms with Crippen LogP contribution in [-0.4, -0.2) is 20.8 Å². The van der Waals surface area contributed by atoms with Crippen LogP contribution in [0.2, 0.25) is 0 Å². The fourth-order valence-corrected chi connectivity index (χ4v) is 2.82. The van der Waals surface area contributed by atoms with Gasteiger partial charge in [-0.15, -0.1) is 10.2 Å². The Balaban J connectivity index is 1.58. The first-order valence-corrected chi connectivity index (χ1v) is 6.93. The van der Waals surface area contributed by atoms with Crippen LogP contribution in [0, 0.1) is 11.8 Å². The van der Waals surface area contributed by atoms with E-state index in [1.54, 1.807) is 0 Å². The Kier molecular flexibility index (Phi) is 3.14. The average Bonchev–Trinajstić information content (AvgIpc) is 3.03. The molecule has 1 heterocycles. The minimum Gasteiger partial charge on any atom is -0.328 e. The second kappa shape index (κ2) is 4.77. The number of nitrogens with two attached hydrogens (primary N) is 1. The predicted molar refractivity (Wildman–Crippen MR) is 66.4 cm³/mol. The van der Waals surface area contributed by atoms with Gasteiger partial charge in [0.2, 0.25) is 0 Å². The zero-order valence-corrected chi connectivity index (χ0v) is 10.4. The van der Waals surface area contributed by atoms with Crippen LogP contribution in [0.4, 0.5) is 0 Å². The minimum absolute atomic E-state index is 0.440. The first-order chi connectivity index (χ1) is 8.31. The fraction of sp³-hybridized carbons (Fsp3) is 0.846. The molecule has 1 aromatic heterocycles. The van der Waals surface area contributed by atoms with Crippen molar-refractivity contribution >= 4 is 0 Å². The summed E-state index contributed by atoms with van der Waals surface area (Å²) in [7, 11) is 0. The van der Waals surface area contributed by atoms with Gasteiger partial charge in [-0.2, -0.15) is 0 Å². The summed E-state index contributed by atoms with van der Waals surface area (Å²) in [5.74, 6) is 2.86. The summed E-state index contributed by atoms with van der Waals surface area (Å²) in [6.07, 6.45) is 10.7. The van der Waals surface area contributed by atoms with E-state index < -0.39 is 0 Å². The third-order valence-electron chi connectivity index (χ3n) is 4.21. The minimum atomic E-state index is 0.440. The van der Waals surface area contributed by atoms with Gasteiger partial charge in [0.1, 0.15) is 12.2 Å². The molecule has 0 unspecified atom stereocenters. The lowest BCUT2D eigenvalue weighted by Gasteiger charge is -2.25. The lowest BCUT2D eigenvalue weighted by atomic mass is 9.84. The third-order valence-corrected chi connectivity index (χ3v) is 4.21. The van der Waals surface area contributed by atoms with Crippen LogP contribution in [0.1, 0.15) is 44.3 Å². The Morgan fingerprint density at radius 1 is 1.12 bits per heavy atom. The van der Waals surface area contributed by atoms with Crippen LogP contribution < -0.4 is 5.73 Å². The van der Waals surface area contributed by atoms with Gasteiger partial charge in [0, 0.05) is 19.0 Å². The standard InChI is InChI=1S/C13H22N4/c14-12-5-3-10(4-6-12)7-13-16-15-9-17(13)8-11-1-2-11/h9-12H,1-8,14H2. The molecule has 1 aromatic rings. The largest absolute Gasteiger partial charge is 0.328 e. The highest BCUT2D eigenvalue weighted by molar-refractivity contribution is 4.92. The lowest BCUT2D eigenvalue weighted by molar-refractivity contribution is 0.317. The number of hydrogen-bond acceptors (Lipinski definition) is 3. The molecule has 2 fully saturated rings. The van der Waals surface area contributed by atoms with Crippen LogP contribution in [0.5, 0.6) is 0 Å². The SMILES string of the molecule is NC1CCC(Cc2nncn2CC2CC2)CC1. The van der Waals surface area contributed by atoms with Gasteiger partial charge in [0.05, 0.1) is 0 Å². The molecule has 0 amide bonds. The van der Waals surface area contributed by atoms with E-state index >= 15 is 0 Å². The van der Waals surface area contributed by atoms with E-state index in [2.05, 4.69) is 14.8 Å². The van der Waals surface area contributed by atoms with Crippen LogP contribution in [0.25, 0.3) is 0 Å². The molecule has 0 spiro atoms. The Morgan fingerprint density at radius 3 is 2.53 bits per heavy atom. The summed E-state index contributed by atoms with van der Waals surface area (Å²) >= 11 is 0. The molecule has 0 saturated heterocycles. The van der Waals surface area contributed by atoms with Crippen molar-refractivity contribution in [3.8, 4) is 0 Å². The Bertz CT molecular complexity index is 361. The molecular weight excluding hydrogens is 212 g/mol. The van der Waals surface area contributed by atoms with Crippen molar-refractivity contribution in [1.82, 2.24) is 14.8 Å². The molecular formula is C13H22N4. The van der Waals surface area contributed by atoms with E-state index in [-0.39, 0.29) is 0 Å². The van der Waals surface area contributed by atoms with Gasteiger partial charge in [0.15, 0.2) is 0 Å². The monoisotopic (exact) mass is 234 g/mol. The zero-order valence-electron chi connectivity index (χ0n) is 10.4. The van der Waals surface area contributed by atoms with Gasteiger partial charge in [0.25, 0.3) is 0 Å². The van der Waals surface area contributed by atoms with Crippen molar-refractivity contribution in [2.24, 2.45) is 17.6 Å². The molecule has 0 bridgehead atoms. The van der Waals surface area contributed by atoms with Crippen molar-refractivity contribution in [3.05, 3.63) is 12.2 Å². The molecule has 2 aliphatic rings. The van der Waals surface area contributed by atoms with E-state index in [0.29, 0.717) is 6.04 Å². The summed E-state index contributed by atoms with van der Waals surface area (Å²) in [6, 6.07) is 0.440. The summed E-state index contributed by atoms with van der Waals surface area (Å²) < 4.78 is 2.27. The summed E-state index contributed by atoms with van der Waals surface area (Å²) in [4.78, 5) is 0. The van der Waals surface area contributed by atoms with Crippen LogP contribution in [0.15, 0.2) is 6.33 Å². The molecule has 0 aliphatic heterocycles. The smallest absolute Gasteiger partial charge is 0.133 e. The molecule has 17 heavy (non-hydrogen) atoms. The molecule has 4 heteroatoms. The summed E-state index contributed by atoms with van der Waals surface area (Å²) in [6.45, 7) is 1.13. The third kappa shape index (κ3) is 2.86. The van der Waals surface area contributed by atoms with Crippen molar-refractivity contribution < 1.29 is 0 Å². The maximum absolute atomic E-state index is 5.94. The molecule has 2 N–H and O–H groups in total. The molecule has 3 rings (SSSR count). The molecule has 0 atom stereocenters. The quantitative estimate of drug-likeness (QED) is 0.863. The van der Waals surface area contributed by atoms with Gasteiger partial charge >= 0.3 is 0 Å². The van der Waals surface area contributed by atoms with Gasteiger partial charge in [-0.05, 0) is 50.4 Å². The number of nitrogens with zero attached hydrogens (tertiary/aromatic N) is 3. The van der Waals surface area contributed by atoms with E-state index in [4.69, 9.17) is 5.73 Å². The Hall–Kier alpha value is -0.900. The summed E-state index contributed by atoms with van der Waals surface area (Å²) in [5.41, 5.74) is 5.94. The van der Waals surface area contributed by atoms with Crippen LogP contribution in [0.3, 0.4) is 0 Å². The molecule has 2 saturated carbocycles. The zero-order chi connectivity index (χ0) is 11.7. The van der Waals surface area contributed by atoms with Gasteiger partial charge in [-0.3, -0.25) is 0 Å². The van der Waals surface area contributed by atoms with E-state index in [0.717, 1.165) is 24.8 Å². The summed E-state index contributed by atoms with van der Waals surface area (Å²) in [5, 5.41) is 8.36. The molecule has 0 radical (unpaired) electrons. The maximum atomic E-state index is 5.94. The first kappa shape index (κ1) is 11.2. The van der Waals surface area contributed by atoms with Crippen molar-refractivity contribution in [2.75, 3.05) is 0 Å². The highest BCUT2D eigenvalue weighted by atomic mass is 15.3. The second-order valence-electron chi connectivity index (χ2n) is 5.83. The highest BCUT2D eigenvalue weighted by Crippen LogP contribution is 2.31. The topological polar surface area (TPSA) is 56.7 Å². The van der Waals surface area contributed by atoms with Crippen LogP contribution in [-0.2, 0) is 13.0 Å². The molecule has 2 aliphatic carbocycles. The van der Waals surface area contributed by atoms with Crippen molar-refractivity contribution in [1.29, 1.82) is 0 Å². The number of rotatable bonds is 4. The predicted octanol–water partition coefficient (Wildman–Crippen LogP) is 1.75. The van der Waals surface area contributed by atoms with Crippen LogP contribution >= 0.6 is 0 Å². The molecule has 94 valence electrons. The highest BCUT2D eigenvalue weighted by Gasteiger charge is 2.24. The van der Waals surface area contributed by atoms with Crippen molar-refractivity contribution in [3.63, 3.8) is 0 Å². The Labute approximate surface area is 103 Å². The van der Waals surface area contributed by atoms with Gasteiger partial charge < -0.3 is 10.3 Å². The lowest BCUT2D eigenvalue weighted by Crippen LogP contribution is -2.27. The fourth-order valence-electron chi connectivity index (χ4n) is 2.82. The second-order valence-corrected chi connectivity index (χ2v) is 5.83. The van der Waals surface area contributed by atoms with Crippen molar-refractivity contribution in [2.45, 2.75) is 57.5 Å². The van der Waals surface area contributed by atoms with Gasteiger partial charge in [-0.25, -0.2) is 0 Å². The first-order valence-electron chi connectivity index (χ1n) is 6.93. The van der Waals surface area contributed by atoms with E-state index in [9.17, 15) is 0 Å². The molecule has 0 aromatic carbocycles. The van der Waals surface area contributed by atoms with Gasteiger partial charge in [-0.1, -0.05) is 0 Å². The van der Waals surface area contributed by atoms with E-state index in [1.165, 1.54) is 44.3 Å². The molecule has 4 nitrogen and oxygen atoms in total. The number of aromatic nitrogens is 3. The Morgan fingerprint density at radius 2 is 1.82 bits per heavy atom. The van der Waals surface area contributed by atoms with E-state index in [1.807, 2.05) is 6.33 Å².